The molecule has 0 bridgehead atoms. The van der Waals surface area contributed by atoms with Gasteiger partial charge in [0.1, 0.15) is 5.75 Å². The summed E-state index contributed by atoms with van der Waals surface area (Å²) in [4.78, 5) is 0. The van der Waals surface area contributed by atoms with Crippen LogP contribution < -0.4 is 10.1 Å². The lowest BCUT2D eigenvalue weighted by Gasteiger charge is -2.25. The van der Waals surface area contributed by atoms with Gasteiger partial charge in [0.05, 0.1) is 6.61 Å². The maximum Gasteiger partial charge on any atom is 0.119 e. The van der Waals surface area contributed by atoms with Crippen molar-refractivity contribution in [2.45, 2.75) is 58.9 Å². The third-order valence-corrected chi connectivity index (χ3v) is 4.14. The molecule has 1 fully saturated rings. The van der Waals surface area contributed by atoms with E-state index in [1.54, 1.807) is 0 Å². The molecule has 0 amide bonds. The molecule has 0 saturated heterocycles. The van der Waals surface area contributed by atoms with Crippen molar-refractivity contribution in [1.82, 2.24) is 5.32 Å². The minimum Gasteiger partial charge on any atom is -0.493 e. The number of hydrogen-bond acceptors (Lipinski definition) is 2. The maximum absolute atomic E-state index is 5.95. The third kappa shape index (κ3) is 4.82. The molecule has 20 heavy (non-hydrogen) atoms. The molecule has 2 rings (SSSR count). The number of nitrogens with one attached hydrogen (secondary N) is 1. The van der Waals surface area contributed by atoms with Crippen LogP contribution in [0.5, 0.6) is 5.75 Å². The average molecular weight is 275 g/mol. The Balaban J connectivity index is 1.80. The first-order valence-electron chi connectivity index (χ1n) is 7.96. The van der Waals surface area contributed by atoms with E-state index < -0.39 is 0 Å². The Bertz CT molecular complexity index is 406. The van der Waals surface area contributed by atoms with Crippen LogP contribution in [0.15, 0.2) is 24.3 Å². The van der Waals surface area contributed by atoms with Crippen LogP contribution in [0.2, 0.25) is 0 Å². The SMILES string of the molecule is CCC(C)c1ccc(OCC(C)(C)CNC2CC2)cc1. The van der Waals surface area contributed by atoms with Crippen LogP contribution in [0.1, 0.15) is 58.4 Å². The molecule has 0 heterocycles. The van der Waals surface area contributed by atoms with Crippen molar-refractivity contribution in [2.24, 2.45) is 5.41 Å². The predicted octanol–water partition coefficient (Wildman–Crippen LogP) is 4.36. The molecule has 1 aliphatic carbocycles. The van der Waals surface area contributed by atoms with E-state index in [1.165, 1.54) is 24.8 Å². The van der Waals surface area contributed by atoms with E-state index in [2.05, 4.69) is 57.3 Å². The monoisotopic (exact) mass is 275 g/mol. The van der Waals surface area contributed by atoms with E-state index >= 15 is 0 Å². The quantitative estimate of drug-likeness (QED) is 0.761. The van der Waals surface area contributed by atoms with Gasteiger partial charge in [-0.1, -0.05) is 39.8 Å². The third-order valence-electron chi connectivity index (χ3n) is 4.14. The molecule has 1 saturated carbocycles. The first-order valence-corrected chi connectivity index (χ1v) is 7.96. The van der Waals surface area contributed by atoms with Crippen molar-refractivity contribution in [3.63, 3.8) is 0 Å². The second-order valence-electron chi connectivity index (χ2n) is 6.99. The molecule has 0 spiro atoms. The predicted molar refractivity (Wildman–Crippen MR) is 85.4 cm³/mol. The molecule has 1 unspecified atom stereocenters. The highest BCUT2D eigenvalue weighted by molar-refractivity contribution is 5.29. The Labute approximate surface area is 123 Å². The van der Waals surface area contributed by atoms with E-state index in [4.69, 9.17) is 4.74 Å². The van der Waals surface area contributed by atoms with Crippen molar-refractivity contribution in [3.05, 3.63) is 29.8 Å². The molecule has 1 aromatic rings. The summed E-state index contributed by atoms with van der Waals surface area (Å²) in [7, 11) is 0. The van der Waals surface area contributed by atoms with Crippen LogP contribution in [0, 0.1) is 5.41 Å². The van der Waals surface area contributed by atoms with Gasteiger partial charge in [0.15, 0.2) is 0 Å². The lowest BCUT2D eigenvalue weighted by Crippen LogP contribution is -2.35. The Morgan fingerprint density at radius 1 is 1.25 bits per heavy atom. The van der Waals surface area contributed by atoms with E-state index in [0.717, 1.165) is 24.9 Å². The summed E-state index contributed by atoms with van der Waals surface area (Å²) in [6, 6.07) is 9.36. The zero-order valence-corrected chi connectivity index (χ0v) is 13.4. The van der Waals surface area contributed by atoms with Gasteiger partial charge in [-0.25, -0.2) is 0 Å². The first kappa shape index (κ1) is 15.4. The highest BCUT2D eigenvalue weighted by atomic mass is 16.5. The summed E-state index contributed by atoms with van der Waals surface area (Å²) in [6.07, 6.45) is 3.86. The number of benzene rings is 1. The Hall–Kier alpha value is -1.02. The fourth-order valence-corrected chi connectivity index (χ4v) is 2.17. The van der Waals surface area contributed by atoms with Crippen LogP contribution in [0.25, 0.3) is 0 Å². The molecular formula is C18H29NO. The molecule has 0 radical (unpaired) electrons. The van der Waals surface area contributed by atoms with E-state index in [0.29, 0.717) is 5.92 Å². The summed E-state index contributed by atoms with van der Waals surface area (Å²) in [5, 5.41) is 3.58. The zero-order valence-electron chi connectivity index (χ0n) is 13.4. The Kier molecular flexibility index (Phi) is 5.09. The van der Waals surface area contributed by atoms with Gasteiger partial charge >= 0.3 is 0 Å². The average Bonchev–Trinajstić information content (AvgIpc) is 3.27. The Morgan fingerprint density at radius 3 is 2.45 bits per heavy atom. The lowest BCUT2D eigenvalue weighted by molar-refractivity contribution is 0.176. The molecule has 1 aromatic carbocycles. The number of ether oxygens (including phenoxy) is 1. The molecule has 2 heteroatoms. The Morgan fingerprint density at radius 2 is 1.90 bits per heavy atom. The highest BCUT2D eigenvalue weighted by Gasteiger charge is 2.25. The minimum absolute atomic E-state index is 0.179. The highest BCUT2D eigenvalue weighted by Crippen LogP contribution is 2.24. The van der Waals surface area contributed by atoms with Crippen molar-refractivity contribution in [1.29, 1.82) is 0 Å². The summed E-state index contributed by atoms with van der Waals surface area (Å²) < 4.78 is 5.95. The van der Waals surface area contributed by atoms with Gasteiger partial charge < -0.3 is 10.1 Å². The van der Waals surface area contributed by atoms with Crippen molar-refractivity contribution in [3.8, 4) is 5.75 Å². The van der Waals surface area contributed by atoms with E-state index in [1.807, 2.05) is 0 Å². The standard InChI is InChI=1S/C18H29NO/c1-5-14(2)15-6-10-17(11-7-15)20-13-18(3,4)12-19-16-8-9-16/h6-7,10-11,14,16,19H,5,8-9,12-13H2,1-4H3. The van der Waals surface area contributed by atoms with Crippen LogP contribution in [-0.4, -0.2) is 19.2 Å². The van der Waals surface area contributed by atoms with Crippen molar-refractivity contribution in [2.75, 3.05) is 13.2 Å². The molecule has 1 atom stereocenters. The smallest absolute Gasteiger partial charge is 0.119 e. The van der Waals surface area contributed by atoms with Crippen molar-refractivity contribution >= 4 is 0 Å². The topological polar surface area (TPSA) is 21.3 Å². The molecule has 0 aromatic heterocycles. The number of rotatable bonds is 8. The van der Waals surface area contributed by atoms with Gasteiger partial charge in [0.25, 0.3) is 0 Å². The normalized spacial score (nSPS) is 17.0. The molecule has 2 nitrogen and oxygen atoms in total. The van der Waals surface area contributed by atoms with Gasteiger partial charge in [-0.3, -0.25) is 0 Å². The minimum atomic E-state index is 0.179. The van der Waals surface area contributed by atoms with Gasteiger partial charge in [0.2, 0.25) is 0 Å². The number of hydrogen-bond donors (Lipinski definition) is 1. The fourth-order valence-electron chi connectivity index (χ4n) is 2.17. The maximum atomic E-state index is 5.95. The molecule has 1 aliphatic rings. The lowest BCUT2D eigenvalue weighted by atomic mass is 9.94. The summed E-state index contributed by atoms with van der Waals surface area (Å²) in [6.45, 7) is 10.8. The molecule has 112 valence electrons. The van der Waals surface area contributed by atoms with Gasteiger partial charge in [-0.2, -0.15) is 0 Å². The summed E-state index contributed by atoms with van der Waals surface area (Å²) in [5.41, 5.74) is 1.58. The second-order valence-corrected chi connectivity index (χ2v) is 6.99. The molecule has 1 N–H and O–H groups in total. The first-order chi connectivity index (χ1) is 9.50. The fraction of sp³-hybridized carbons (Fsp3) is 0.667. The van der Waals surface area contributed by atoms with E-state index in [9.17, 15) is 0 Å². The second kappa shape index (κ2) is 6.62. The van der Waals surface area contributed by atoms with Gasteiger partial charge in [0, 0.05) is 18.0 Å². The molecular weight excluding hydrogens is 246 g/mol. The van der Waals surface area contributed by atoms with Crippen molar-refractivity contribution < 1.29 is 4.74 Å². The summed E-state index contributed by atoms with van der Waals surface area (Å²) >= 11 is 0. The van der Waals surface area contributed by atoms with Crippen LogP contribution in [0.4, 0.5) is 0 Å². The van der Waals surface area contributed by atoms with E-state index in [-0.39, 0.29) is 5.41 Å². The van der Waals surface area contributed by atoms with Crippen LogP contribution in [0.3, 0.4) is 0 Å². The molecule has 0 aliphatic heterocycles. The van der Waals surface area contributed by atoms with Gasteiger partial charge in [-0.05, 0) is 42.9 Å². The largest absolute Gasteiger partial charge is 0.493 e. The van der Waals surface area contributed by atoms with Crippen LogP contribution >= 0.6 is 0 Å². The van der Waals surface area contributed by atoms with Crippen LogP contribution in [-0.2, 0) is 0 Å². The summed E-state index contributed by atoms with van der Waals surface area (Å²) in [5.74, 6) is 1.61. The van der Waals surface area contributed by atoms with Gasteiger partial charge in [-0.15, -0.1) is 0 Å². The zero-order chi connectivity index (χ0) is 14.6.